The van der Waals surface area contributed by atoms with Gasteiger partial charge in [-0.2, -0.15) is 5.26 Å². The minimum absolute atomic E-state index is 0.103. The Morgan fingerprint density at radius 2 is 2.44 bits per heavy atom. The fraction of sp³-hybridized carbons (Fsp3) is 0.364. The van der Waals surface area contributed by atoms with Crippen LogP contribution in [0.3, 0.4) is 0 Å². The number of nitrogens with one attached hydrogen (secondary N) is 2. The molecule has 0 saturated carbocycles. The Balaban J connectivity index is 1.94. The van der Waals surface area contributed by atoms with E-state index in [1.54, 1.807) is 12.1 Å². The van der Waals surface area contributed by atoms with Gasteiger partial charge in [-0.1, -0.05) is 0 Å². The number of pyridine rings is 1. The highest BCUT2D eigenvalue weighted by Crippen LogP contribution is 2.10. The molecule has 1 fully saturated rings. The number of piperidine rings is 1. The lowest BCUT2D eigenvalue weighted by molar-refractivity contribution is -0.122. The van der Waals surface area contributed by atoms with E-state index in [0.717, 1.165) is 12.2 Å². The zero-order valence-electron chi connectivity index (χ0n) is 8.73. The van der Waals surface area contributed by atoms with E-state index in [2.05, 4.69) is 15.6 Å². The zero-order valence-corrected chi connectivity index (χ0v) is 8.73. The molecule has 1 atom stereocenters. The van der Waals surface area contributed by atoms with Crippen molar-refractivity contribution in [2.75, 3.05) is 11.9 Å². The van der Waals surface area contributed by atoms with Crippen LogP contribution in [0, 0.1) is 11.3 Å². The normalized spacial score (nSPS) is 19.7. The van der Waals surface area contributed by atoms with Crippen molar-refractivity contribution in [3.05, 3.63) is 23.9 Å². The lowest BCUT2D eigenvalue weighted by Crippen LogP contribution is -2.42. The van der Waals surface area contributed by atoms with Crippen molar-refractivity contribution in [1.82, 2.24) is 10.3 Å². The number of hydrogen-bond donors (Lipinski definition) is 2. The van der Waals surface area contributed by atoms with Crippen LogP contribution in [-0.4, -0.2) is 23.5 Å². The quantitative estimate of drug-likeness (QED) is 0.760. The standard InChI is InChI=1S/C11H12N4O/c12-5-8-1-3-10(13-6-8)15-9-2-4-11(16)14-7-9/h1,3,6,9H,2,4,7H2,(H,13,15)(H,14,16). The lowest BCUT2D eigenvalue weighted by atomic mass is 10.1. The molecule has 2 N–H and O–H groups in total. The van der Waals surface area contributed by atoms with Gasteiger partial charge in [0.1, 0.15) is 11.9 Å². The monoisotopic (exact) mass is 216 g/mol. The van der Waals surface area contributed by atoms with E-state index in [1.165, 1.54) is 6.20 Å². The van der Waals surface area contributed by atoms with E-state index in [9.17, 15) is 4.79 Å². The van der Waals surface area contributed by atoms with Gasteiger partial charge in [0.15, 0.2) is 0 Å². The fourth-order valence-corrected chi connectivity index (χ4v) is 1.61. The minimum atomic E-state index is 0.103. The van der Waals surface area contributed by atoms with Gasteiger partial charge in [-0.15, -0.1) is 0 Å². The number of anilines is 1. The van der Waals surface area contributed by atoms with Gasteiger partial charge < -0.3 is 10.6 Å². The largest absolute Gasteiger partial charge is 0.366 e. The van der Waals surface area contributed by atoms with Crippen LogP contribution < -0.4 is 10.6 Å². The second-order valence-corrected chi connectivity index (χ2v) is 3.73. The maximum absolute atomic E-state index is 11.0. The first kappa shape index (κ1) is 10.4. The van der Waals surface area contributed by atoms with Gasteiger partial charge in [0, 0.05) is 25.2 Å². The van der Waals surface area contributed by atoms with Crippen LogP contribution in [0.4, 0.5) is 5.82 Å². The van der Waals surface area contributed by atoms with Crippen LogP contribution in [0.1, 0.15) is 18.4 Å². The maximum atomic E-state index is 11.0. The topological polar surface area (TPSA) is 77.8 Å². The summed E-state index contributed by atoms with van der Waals surface area (Å²) in [5, 5.41) is 14.6. The van der Waals surface area contributed by atoms with Crippen molar-refractivity contribution >= 4 is 11.7 Å². The third-order valence-electron chi connectivity index (χ3n) is 2.51. The van der Waals surface area contributed by atoms with Gasteiger partial charge >= 0.3 is 0 Å². The number of rotatable bonds is 2. The molecule has 1 aliphatic heterocycles. The van der Waals surface area contributed by atoms with Crippen molar-refractivity contribution in [3.63, 3.8) is 0 Å². The molecule has 1 unspecified atom stereocenters. The molecule has 2 heterocycles. The van der Waals surface area contributed by atoms with Crippen LogP contribution in [0.25, 0.3) is 0 Å². The van der Waals surface area contributed by atoms with Crippen LogP contribution in [0.2, 0.25) is 0 Å². The molecule has 5 heteroatoms. The smallest absolute Gasteiger partial charge is 0.220 e. The van der Waals surface area contributed by atoms with Gasteiger partial charge in [-0.25, -0.2) is 4.98 Å². The number of nitriles is 1. The summed E-state index contributed by atoms with van der Waals surface area (Å²) in [7, 11) is 0. The maximum Gasteiger partial charge on any atom is 0.220 e. The second kappa shape index (κ2) is 4.62. The molecule has 1 saturated heterocycles. The molecule has 16 heavy (non-hydrogen) atoms. The molecule has 2 rings (SSSR count). The molecule has 1 aromatic heterocycles. The summed E-state index contributed by atoms with van der Waals surface area (Å²) in [5.74, 6) is 0.839. The Bertz CT molecular complexity index is 411. The Morgan fingerprint density at radius 3 is 3.00 bits per heavy atom. The summed E-state index contributed by atoms with van der Waals surface area (Å²) in [6.07, 6.45) is 2.89. The number of nitrogens with zero attached hydrogens (tertiary/aromatic N) is 2. The number of hydrogen-bond acceptors (Lipinski definition) is 4. The molecule has 1 amide bonds. The molecule has 0 bridgehead atoms. The summed E-state index contributed by atoms with van der Waals surface area (Å²) < 4.78 is 0. The van der Waals surface area contributed by atoms with E-state index >= 15 is 0 Å². The van der Waals surface area contributed by atoms with Crippen LogP contribution >= 0.6 is 0 Å². The molecule has 0 aliphatic carbocycles. The second-order valence-electron chi connectivity index (χ2n) is 3.73. The van der Waals surface area contributed by atoms with E-state index in [4.69, 9.17) is 5.26 Å². The summed E-state index contributed by atoms with van der Waals surface area (Å²) in [6, 6.07) is 5.73. The van der Waals surface area contributed by atoms with Gasteiger partial charge in [-0.3, -0.25) is 4.79 Å². The zero-order chi connectivity index (χ0) is 11.4. The molecule has 5 nitrogen and oxygen atoms in total. The number of carbonyl (C=O) groups is 1. The highest BCUT2D eigenvalue weighted by molar-refractivity contribution is 5.76. The first-order chi connectivity index (χ1) is 7.78. The molecule has 1 aromatic rings. The van der Waals surface area contributed by atoms with Gasteiger partial charge in [0.2, 0.25) is 5.91 Å². The average Bonchev–Trinajstić information content (AvgIpc) is 2.33. The Kier molecular flexibility index (Phi) is 3.01. The molecule has 0 radical (unpaired) electrons. The molecular formula is C11H12N4O. The van der Waals surface area contributed by atoms with Crippen molar-refractivity contribution in [1.29, 1.82) is 5.26 Å². The number of amides is 1. The summed E-state index contributed by atoms with van der Waals surface area (Å²) in [5.41, 5.74) is 0.544. The summed E-state index contributed by atoms with van der Waals surface area (Å²) in [6.45, 7) is 0.626. The Labute approximate surface area is 93.5 Å². The molecule has 0 aromatic carbocycles. The predicted octanol–water partition coefficient (Wildman–Crippen LogP) is 0.644. The first-order valence-electron chi connectivity index (χ1n) is 5.17. The Hall–Kier alpha value is -2.09. The van der Waals surface area contributed by atoms with Crippen molar-refractivity contribution in [3.8, 4) is 6.07 Å². The van der Waals surface area contributed by atoms with Crippen molar-refractivity contribution in [2.24, 2.45) is 0 Å². The van der Waals surface area contributed by atoms with Gasteiger partial charge in [0.25, 0.3) is 0 Å². The summed E-state index contributed by atoms with van der Waals surface area (Å²) in [4.78, 5) is 15.1. The van der Waals surface area contributed by atoms with E-state index < -0.39 is 0 Å². The third-order valence-corrected chi connectivity index (χ3v) is 2.51. The van der Waals surface area contributed by atoms with Crippen molar-refractivity contribution in [2.45, 2.75) is 18.9 Å². The lowest BCUT2D eigenvalue weighted by Gasteiger charge is -2.23. The average molecular weight is 216 g/mol. The van der Waals surface area contributed by atoms with Crippen molar-refractivity contribution < 1.29 is 4.79 Å². The fourth-order valence-electron chi connectivity index (χ4n) is 1.61. The van der Waals surface area contributed by atoms with Crippen LogP contribution in [0.5, 0.6) is 0 Å². The first-order valence-corrected chi connectivity index (χ1v) is 5.17. The van der Waals surface area contributed by atoms with Crippen LogP contribution in [0.15, 0.2) is 18.3 Å². The highest BCUT2D eigenvalue weighted by Gasteiger charge is 2.17. The molecule has 82 valence electrons. The predicted molar refractivity (Wildman–Crippen MR) is 58.6 cm³/mol. The van der Waals surface area contributed by atoms with Gasteiger partial charge in [0.05, 0.1) is 5.56 Å². The van der Waals surface area contributed by atoms with E-state index in [1.807, 2.05) is 6.07 Å². The minimum Gasteiger partial charge on any atom is -0.366 e. The third kappa shape index (κ3) is 2.48. The molecular weight excluding hydrogens is 204 g/mol. The Morgan fingerprint density at radius 1 is 1.56 bits per heavy atom. The number of aromatic nitrogens is 1. The van der Waals surface area contributed by atoms with E-state index in [0.29, 0.717) is 18.5 Å². The van der Waals surface area contributed by atoms with Gasteiger partial charge in [-0.05, 0) is 18.6 Å². The number of carbonyl (C=O) groups excluding carboxylic acids is 1. The highest BCUT2D eigenvalue weighted by atomic mass is 16.1. The van der Waals surface area contributed by atoms with E-state index in [-0.39, 0.29) is 11.9 Å². The van der Waals surface area contributed by atoms with Crippen LogP contribution in [-0.2, 0) is 4.79 Å². The SMILES string of the molecule is N#Cc1ccc(NC2CCC(=O)NC2)nc1. The molecule has 0 spiro atoms. The summed E-state index contributed by atoms with van der Waals surface area (Å²) >= 11 is 0. The molecule has 1 aliphatic rings.